The number of nitriles is 1. The zero-order valence-corrected chi connectivity index (χ0v) is 11.3. The van der Waals surface area contributed by atoms with Crippen molar-refractivity contribution in [3.63, 3.8) is 0 Å². The van der Waals surface area contributed by atoms with Crippen molar-refractivity contribution in [1.29, 1.82) is 5.26 Å². The summed E-state index contributed by atoms with van der Waals surface area (Å²) in [4.78, 5) is 15.8. The van der Waals surface area contributed by atoms with E-state index in [1.54, 1.807) is 42.6 Å². The molecule has 0 bridgehead atoms. The minimum Gasteiger partial charge on any atom is -0.493 e. The third kappa shape index (κ3) is 3.67. The van der Waals surface area contributed by atoms with Gasteiger partial charge in [0.05, 0.1) is 18.7 Å². The molecule has 0 amide bonds. The van der Waals surface area contributed by atoms with E-state index < -0.39 is 5.97 Å². The number of benzene rings is 1. The lowest BCUT2D eigenvalue weighted by Crippen LogP contribution is -2.09. The number of hydrogen-bond acceptors (Lipinski definition) is 5. The molecule has 0 saturated heterocycles. The summed E-state index contributed by atoms with van der Waals surface area (Å²) in [6.07, 6.45) is 6.00. The Balaban J connectivity index is 2.22. The lowest BCUT2D eigenvalue weighted by atomic mass is 10.2. The standard InChI is InChI=1S/C16H12N2O3/c1-20-15-10-12(4-2-8-17)6-7-14(15)21-16(19)13-5-3-9-18-11-13/h2-7,9-11H,1H3/b4-2-. The van der Waals surface area contributed by atoms with Crippen molar-refractivity contribution in [3.8, 4) is 17.6 Å². The molecule has 2 aromatic rings. The molecule has 1 aromatic heterocycles. The van der Waals surface area contributed by atoms with Crippen molar-refractivity contribution >= 4 is 12.0 Å². The van der Waals surface area contributed by atoms with Crippen molar-refractivity contribution < 1.29 is 14.3 Å². The SMILES string of the molecule is COc1cc(/C=C\C#N)ccc1OC(=O)c1cccnc1. The third-order valence-corrected chi connectivity index (χ3v) is 2.64. The van der Waals surface area contributed by atoms with Gasteiger partial charge in [-0.3, -0.25) is 4.98 Å². The highest BCUT2D eigenvalue weighted by Gasteiger charge is 2.12. The van der Waals surface area contributed by atoms with E-state index >= 15 is 0 Å². The molecule has 5 nitrogen and oxygen atoms in total. The molecule has 0 radical (unpaired) electrons. The summed E-state index contributed by atoms with van der Waals surface area (Å²) in [5, 5.41) is 8.51. The van der Waals surface area contributed by atoms with Gasteiger partial charge in [0, 0.05) is 18.5 Å². The van der Waals surface area contributed by atoms with Crippen LogP contribution in [0.25, 0.3) is 6.08 Å². The molecule has 0 N–H and O–H groups in total. The number of carbonyl (C=O) groups is 1. The van der Waals surface area contributed by atoms with E-state index in [4.69, 9.17) is 14.7 Å². The maximum absolute atomic E-state index is 12.0. The highest BCUT2D eigenvalue weighted by molar-refractivity contribution is 5.91. The number of rotatable bonds is 4. The van der Waals surface area contributed by atoms with Crippen LogP contribution >= 0.6 is 0 Å². The topological polar surface area (TPSA) is 72.2 Å². The second-order valence-corrected chi connectivity index (χ2v) is 4.00. The van der Waals surface area contributed by atoms with Crippen molar-refractivity contribution in [3.05, 3.63) is 59.9 Å². The number of allylic oxidation sites excluding steroid dienone is 1. The number of esters is 1. The molecular weight excluding hydrogens is 268 g/mol. The highest BCUT2D eigenvalue weighted by atomic mass is 16.6. The average Bonchev–Trinajstić information content (AvgIpc) is 2.54. The van der Waals surface area contributed by atoms with Crippen molar-refractivity contribution in [2.45, 2.75) is 0 Å². The third-order valence-electron chi connectivity index (χ3n) is 2.64. The van der Waals surface area contributed by atoms with Gasteiger partial charge in [-0.05, 0) is 35.9 Å². The number of nitrogens with zero attached hydrogens (tertiary/aromatic N) is 2. The first kappa shape index (κ1) is 14.3. The molecule has 1 heterocycles. The summed E-state index contributed by atoms with van der Waals surface area (Å²) in [5.74, 6) is 0.203. The first-order valence-corrected chi connectivity index (χ1v) is 6.11. The minimum absolute atomic E-state index is 0.306. The lowest BCUT2D eigenvalue weighted by Gasteiger charge is -2.09. The van der Waals surface area contributed by atoms with Crippen LogP contribution in [0, 0.1) is 11.3 Å². The number of methoxy groups -OCH3 is 1. The summed E-state index contributed by atoms with van der Waals surface area (Å²) >= 11 is 0. The molecule has 0 aliphatic carbocycles. The van der Waals surface area contributed by atoms with E-state index in [-0.39, 0.29) is 0 Å². The molecule has 0 fully saturated rings. The molecule has 0 aliphatic rings. The van der Waals surface area contributed by atoms with E-state index in [0.717, 1.165) is 5.56 Å². The first-order chi connectivity index (χ1) is 10.2. The number of hydrogen-bond donors (Lipinski definition) is 0. The Hall–Kier alpha value is -3.13. The predicted octanol–water partition coefficient (Wildman–Crippen LogP) is 2.85. The van der Waals surface area contributed by atoms with Gasteiger partial charge in [0.25, 0.3) is 0 Å². The number of ether oxygens (including phenoxy) is 2. The van der Waals surface area contributed by atoms with Gasteiger partial charge in [0.15, 0.2) is 11.5 Å². The molecule has 5 heteroatoms. The Bertz CT molecular complexity index is 703. The number of pyridine rings is 1. The van der Waals surface area contributed by atoms with Gasteiger partial charge >= 0.3 is 5.97 Å². The van der Waals surface area contributed by atoms with Gasteiger partial charge in [-0.1, -0.05) is 6.07 Å². The highest BCUT2D eigenvalue weighted by Crippen LogP contribution is 2.29. The Morgan fingerprint density at radius 1 is 1.33 bits per heavy atom. The van der Waals surface area contributed by atoms with E-state index in [1.807, 2.05) is 6.07 Å². The minimum atomic E-state index is -0.512. The molecule has 0 aliphatic heterocycles. The fraction of sp³-hybridized carbons (Fsp3) is 0.0625. The summed E-state index contributed by atoms with van der Waals surface area (Å²) in [5.41, 5.74) is 1.13. The molecule has 1 aromatic carbocycles. The Morgan fingerprint density at radius 2 is 2.19 bits per heavy atom. The van der Waals surface area contributed by atoms with Gasteiger partial charge < -0.3 is 9.47 Å². The second kappa shape index (κ2) is 6.87. The summed E-state index contributed by atoms with van der Waals surface area (Å²) in [7, 11) is 1.48. The molecule has 0 saturated carbocycles. The zero-order chi connectivity index (χ0) is 15.1. The van der Waals surface area contributed by atoms with Crippen LogP contribution in [0.5, 0.6) is 11.5 Å². The quantitative estimate of drug-likeness (QED) is 0.489. The molecule has 0 spiro atoms. The molecule has 104 valence electrons. The molecule has 2 rings (SSSR count). The van der Waals surface area contributed by atoms with Gasteiger partial charge in [-0.15, -0.1) is 0 Å². The van der Waals surface area contributed by atoms with Gasteiger partial charge in [0.2, 0.25) is 0 Å². The van der Waals surface area contributed by atoms with Crippen LogP contribution in [0.1, 0.15) is 15.9 Å². The fourth-order valence-electron chi connectivity index (χ4n) is 1.65. The number of aromatic nitrogens is 1. The smallest absolute Gasteiger partial charge is 0.345 e. The monoisotopic (exact) mass is 280 g/mol. The molecular formula is C16H12N2O3. The Kier molecular flexibility index (Phi) is 4.67. The predicted molar refractivity (Wildman–Crippen MR) is 76.8 cm³/mol. The van der Waals surface area contributed by atoms with Gasteiger partial charge in [0.1, 0.15) is 0 Å². The first-order valence-electron chi connectivity index (χ1n) is 6.11. The summed E-state index contributed by atoms with van der Waals surface area (Å²) < 4.78 is 10.5. The zero-order valence-electron chi connectivity index (χ0n) is 11.3. The van der Waals surface area contributed by atoms with Crippen LogP contribution in [0.4, 0.5) is 0 Å². The van der Waals surface area contributed by atoms with E-state index in [1.165, 1.54) is 19.4 Å². The largest absolute Gasteiger partial charge is 0.493 e. The molecule has 0 unspecified atom stereocenters. The second-order valence-electron chi connectivity index (χ2n) is 4.00. The van der Waals surface area contributed by atoms with Crippen LogP contribution in [0.3, 0.4) is 0 Å². The van der Waals surface area contributed by atoms with Crippen LogP contribution < -0.4 is 9.47 Å². The average molecular weight is 280 g/mol. The van der Waals surface area contributed by atoms with Crippen LogP contribution in [0.15, 0.2) is 48.8 Å². The van der Waals surface area contributed by atoms with E-state index in [2.05, 4.69) is 4.98 Å². The van der Waals surface area contributed by atoms with Gasteiger partial charge in [-0.2, -0.15) is 5.26 Å². The van der Waals surface area contributed by atoms with E-state index in [9.17, 15) is 4.79 Å². The van der Waals surface area contributed by atoms with Crippen molar-refractivity contribution in [2.24, 2.45) is 0 Å². The lowest BCUT2D eigenvalue weighted by molar-refractivity contribution is 0.0729. The van der Waals surface area contributed by atoms with Crippen LogP contribution in [-0.4, -0.2) is 18.1 Å². The maximum Gasteiger partial charge on any atom is 0.345 e. The molecule has 21 heavy (non-hydrogen) atoms. The molecule has 0 atom stereocenters. The Morgan fingerprint density at radius 3 is 2.86 bits per heavy atom. The normalized spacial score (nSPS) is 10.1. The van der Waals surface area contributed by atoms with Crippen molar-refractivity contribution in [2.75, 3.05) is 7.11 Å². The van der Waals surface area contributed by atoms with Gasteiger partial charge in [-0.25, -0.2) is 4.79 Å². The number of carbonyl (C=O) groups excluding carboxylic acids is 1. The van der Waals surface area contributed by atoms with E-state index in [0.29, 0.717) is 17.1 Å². The summed E-state index contributed by atoms with van der Waals surface area (Å²) in [6, 6.07) is 10.2. The van der Waals surface area contributed by atoms with Crippen LogP contribution in [-0.2, 0) is 0 Å². The fourth-order valence-corrected chi connectivity index (χ4v) is 1.65. The van der Waals surface area contributed by atoms with Crippen molar-refractivity contribution in [1.82, 2.24) is 4.98 Å². The van der Waals surface area contributed by atoms with Crippen LogP contribution in [0.2, 0.25) is 0 Å². The maximum atomic E-state index is 12.0. The Labute approximate surface area is 122 Å². The summed E-state index contributed by atoms with van der Waals surface area (Å²) in [6.45, 7) is 0.